The van der Waals surface area contributed by atoms with Crippen molar-refractivity contribution in [3.05, 3.63) is 0 Å². The van der Waals surface area contributed by atoms with Crippen LogP contribution in [0.15, 0.2) is 0 Å². The number of nitrogens with two attached hydrogens (primary N) is 1. The summed E-state index contributed by atoms with van der Waals surface area (Å²) in [6.07, 6.45) is 4.64. The van der Waals surface area contributed by atoms with Gasteiger partial charge in [-0.05, 0) is 60.4 Å². The number of likely N-dealkylation sites (N-methyl/N-ethyl adjacent to an activating group) is 3. The third-order valence-electron chi connectivity index (χ3n) is 4.29. The van der Waals surface area contributed by atoms with Crippen LogP contribution in [0.1, 0.15) is 25.7 Å². The minimum absolute atomic E-state index is 0.218. The normalized spacial score (nSPS) is 19.9. The van der Waals surface area contributed by atoms with E-state index in [2.05, 4.69) is 36.3 Å². The van der Waals surface area contributed by atoms with Crippen molar-refractivity contribution in [2.75, 3.05) is 41.3 Å². The maximum Gasteiger partial charge on any atom is 0.234 e. The molecule has 18 heavy (non-hydrogen) atoms. The molecule has 1 aliphatic carbocycles. The molecule has 5 heteroatoms. The highest BCUT2D eigenvalue weighted by Crippen LogP contribution is 2.36. The van der Waals surface area contributed by atoms with Gasteiger partial charge in [-0.25, -0.2) is 0 Å². The van der Waals surface area contributed by atoms with Gasteiger partial charge in [0.15, 0.2) is 0 Å². The lowest BCUT2D eigenvalue weighted by atomic mass is 9.75. The molecule has 1 fully saturated rings. The van der Waals surface area contributed by atoms with E-state index in [1.54, 1.807) is 7.05 Å². The van der Waals surface area contributed by atoms with Crippen molar-refractivity contribution in [2.45, 2.75) is 37.3 Å². The zero-order chi connectivity index (χ0) is 13.8. The SMILES string of the molecule is CNC(CCN(C)CC1(N(C)C)CCC1)C(N)=O. The van der Waals surface area contributed by atoms with Crippen LogP contribution in [-0.4, -0.2) is 68.6 Å². The lowest BCUT2D eigenvalue weighted by Crippen LogP contribution is -2.57. The van der Waals surface area contributed by atoms with Crippen LogP contribution in [0.3, 0.4) is 0 Å². The van der Waals surface area contributed by atoms with Crippen LogP contribution in [0, 0.1) is 0 Å². The summed E-state index contributed by atoms with van der Waals surface area (Å²) in [6.45, 7) is 1.96. The molecule has 1 amide bonds. The van der Waals surface area contributed by atoms with Crippen LogP contribution in [0.2, 0.25) is 0 Å². The average molecular weight is 256 g/mol. The van der Waals surface area contributed by atoms with Gasteiger partial charge in [0, 0.05) is 12.1 Å². The van der Waals surface area contributed by atoms with Gasteiger partial charge in [-0.3, -0.25) is 4.79 Å². The first-order valence-corrected chi connectivity index (χ1v) is 6.74. The molecule has 0 saturated heterocycles. The fraction of sp³-hybridized carbons (Fsp3) is 0.923. The van der Waals surface area contributed by atoms with Crippen LogP contribution < -0.4 is 11.1 Å². The van der Waals surface area contributed by atoms with E-state index >= 15 is 0 Å². The van der Waals surface area contributed by atoms with Crippen LogP contribution >= 0.6 is 0 Å². The molecule has 0 aromatic carbocycles. The summed E-state index contributed by atoms with van der Waals surface area (Å²) in [5.74, 6) is -0.267. The van der Waals surface area contributed by atoms with Crippen LogP contribution in [0.25, 0.3) is 0 Å². The molecule has 0 aliphatic heterocycles. The molecule has 1 atom stereocenters. The van der Waals surface area contributed by atoms with Gasteiger partial charge in [0.25, 0.3) is 0 Å². The summed E-state index contributed by atoms with van der Waals surface area (Å²) in [5, 5.41) is 2.96. The molecule has 3 N–H and O–H groups in total. The average Bonchev–Trinajstić information content (AvgIpc) is 2.23. The Balaban J connectivity index is 2.37. The number of amides is 1. The van der Waals surface area contributed by atoms with Gasteiger partial charge < -0.3 is 20.9 Å². The van der Waals surface area contributed by atoms with Crippen LogP contribution in [0.4, 0.5) is 0 Å². The summed E-state index contributed by atoms with van der Waals surface area (Å²) in [7, 11) is 8.22. The van der Waals surface area contributed by atoms with Gasteiger partial charge in [0.1, 0.15) is 0 Å². The van der Waals surface area contributed by atoms with E-state index in [0.29, 0.717) is 5.54 Å². The molecule has 1 aliphatic rings. The molecule has 0 aromatic rings. The summed E-state index contributed by atoms with van der Waals surface area (Å²) >= 11 is 0. The molecular formula is C13H28N4O. The minimum atomic E-state index is -0.267. The Morgan fingerprint density at radius 1 is 1.39 bits per heavy atom. The molecule has 0 bridgehead atoms. The van der Waals surface area contributed by atoms with Crippen LogP contribution in [-0.2, 0) is 4.79 Å². The number of nitrogens with one attached hydrogen (secondary N) is 1. The fourth-order valence-electron chi connectivity index (χ4n) is 2.69. The van der Waals surface area contributed by atoms with Gasteiger partial charge in [-0.2, -0.15) is 0 Å². The highest BCUT2D eigenvalue weighted by atomic mass is 16.1. The molecular weight excluding hydrogens is 228 g/mol. The predicted octanol–water partition coefficient (Wildman–Crippen LogP) is -0.134. The minimum Gasteiger partial charge on any atom is -0.368 e. The Morgan fingerprint density at radius 2 is 2.00 bits per heavy atom. The van der Waals surface area contributed by atoms with E-state index in [-0.39, 0.29) is 11.9 Å². The zero-order valence-electron chi connectivity index (χ0n) is 12.2. The van der Waals surface area contributed by atoms with Crippen molar-refractivity contribution < 1.29 is 4.79 Å². The third-order valence-corrected chi connectivity index (χ3v) is 4.29. The summed E-state index contributed by atoms with van der Waals surface area (Å²) < 4.78 is 0. The van der Waals surface area contributed by atoms with Crippen LogP contribution in [0.5, 0.6) is 0 Å². The fourth-order valence-corrected chi connectivity index (χ4v) is 2.69. The van der Waals surface area contributed by atoms with Crippen molar-refractivity contribution in [1.29, 1.82) is 0 Å². The highest BCUT2D eigenvalue weighted by molar-refractivity contribution is 5.79. The lowest BCUT2D eigenvalue weighted by molar-refractivity contribution is -0.120. The second kappa shape index (κ2) is 6.50. The van der Waals surface area contributed by atoms with E-state index in [0.717, 1.165) is 19.5 Å². The number of carbonyl (C=O) groups excluding carboxylic acids is 1. The molecule has 106 valence electrons. The summed E-state index contributed by atoms with van der Waals surface area (Å²) in [4.78, 5) is 15.8. The summed E-state index contributed by atoms with van der Waals surface area (Å²) in [6, 6.07) is -0.218. The maximum atomic E-state index is 11.1. The van der Waals surface area contributed by atoms with Gasteiger partial charge in [-0.15, -0.1) is 0 Å². The van der Waals surface area contributed by atoms with Gasteiger partial charge in [0.2, 0.25) is 5.91 Å². The molecule has 5 nitrogen and oxygen atoms in total. The van der Waals surface area contributed by atoms with Gasteiger partial charge in [-0.1, -0.05) is 0 Å². The maximum absolute atomic E-state index is 11.1. The molecule has 1 unspecified atom stereocenters. The van der Waals surface area contributed by atoms with E-state index in [9.17, 15) is 4.79 Å². The Labute approximate surface area is 111 Å². The molecule has 0 radical (unpaired) electrons. The standard InChI is InChI=1S/C13H28N4O/c1-15-11(12(14)18)6-9-17(4)10-13(16(2)3)7-5-8-13/h11,15H,5-10H2,1-4H3,(H2,14,18). The van der Waals surface area contributed by atoms with Crippen molar-refractivity contribution in [3.63, 3.8) is 0 Å². The Hall–Kier alpha value is -0.650. The predicted molar refractivity (Wildman–Crippen MR) is 74.4 cm³/mol. The van der Waals surface area contributed by atoms with E-state index < -0.39 is 0 Å². The first-order chi connectivity index (χ1) is 8.41. The largest absolute Gasteiger partial charge is 0.368 e. The number of rotatable bonds is 8. The van der Waals surface area contributed by atoms with E-state index in [1.165, 1.54) is 19.3 Å². The Kier molecular flexibility index (Phi) is 5.56. The zero-order valence-corrected chi connectivity index (χ0v) is 12.2. The van der Waals surface area contributed by atoms with Gasteiger partial charge in [0.05, 0.1) is 6.04 Å². The van der Waals surface area contributed by atoms with Crippen molar-refractivity contribution in [3.8, 4) is 0 Å². The number of hydrogen-bond donors (Lipinski definition) is 2. The molecule has 1 rings (SSSR count). The van der Waals surface area contributed by atoms with Crippen molar-refractivity contribution >= 4 is 5.91 Å². The number of primary amides is 1. The number of nitrogens with zero attached hydrogens (tertiary/aromatic N) is 2. The van der Waals surface area contributed by atoms with Crippen molar-refractivity contribution in [2.24, 2.45) is 5.73 Å². The first kappa shape index (κ1) is 15.4. The molecule has 0 aromatic heterocycles. The molecule has 0 spiro atoms. The second-order valence-electron chi connectivity index (χ2n) is 5.74. The third kappa shape index (κ3) is 3.67. The van der Waals surface area contributed by atoms with E-state index in [4.69, 9.17) is 5.73 Å². The Bertz CT molecular complexity index is 276. The number of hydrogen-bond acceptors (Lipinski definition) is 4. The quantitative estimate of drug-likeness (QED) is 0.635. The smallest absolute Gasteiger partial charge is 0.234 e. The Morgan fingerprint density at radius 3 is 2.33 bits per heavy atom. The summed E-state index contributed by atoms with van der Waals surface area (Å²) in [5.41, 5.74) is 5.66. The van der Waals surface area contributed by atoms with E-state index in [1.807, 2.05) is 0 Å². The molecule has 0 heterocycles. The number of carbonyl (C=O) groups is 1. The monoisotopic (exact) mass is 256 g/mol. The van der Waals surface area contributed by atoms with Crippen molar-refractivity contribution in [1.82, 2.24) is 15.1 Å². The second-order valence-corrected chi connectivity index (χ2v) is 5.74. The highest BCUT2D eigenvalue weighted by Gasteiger charge is 2.39. The van der Waals surface area contributed by atoms with Gasteiger partial charge >= 0.3 is 0 Å². The molecule has 1 saturated carbocycles. The lowest BCUT2D eigenvalue weighted by Gasteiger charge is -2.49. The first-order valence-electron chi connectivity index (χ1n) is 6.74. The topological polar surface area (TPSA) is 61.6 Å².